The zero-order chi connectivity index (χ0) is 23.5. The van der Waals surface area contributed by atoms with E-state index in [9.17, 15) is 15.3 Å². The van der Waals surface area contributed by atoms with Gasteiger partial charge in [-0.1, -0.05) is 30.7 Å². The molecular formula is C26H31N5O3. The number of nitrogens with one attached hydrogen (secondary N) is 2. The fourth-order valence-corrected chi connectivity index (χ4v) is 4.78. The summed E-state index contributed by atoms with van der Waals surface area (Å²) in [5, 5.41) is 34.3. The Labute approximate surface area is 198 Å². The quantitative estimate of drug-likeness (QED) is 0.201. The molecule has 2 aromatic carbocycles. The van der Waals surface area contributed by atoms with Crippen molar-refractivity contribution in [3.05, 3.63) is 59.4 Å². The number of benzene rings is 2. The van der Waals surface area contributed by atoms with Gasteiger partial charge in [0, 0.05) is 30.0 Å². The number of piperidine rings is 1. The van der Waals surface area contributed by atoms with Gasteiger partial charge in [0.05, 0.1) is 10.9 Å². The lowest BCUT2D eigenvalue weighted by Crippen LogP contribution is -2.31. The average Bonchev–Trinajstić information content (AvgIpc) is 3.20. The number of rotatable bonds is 8. The van der Waals surface area contributed by atoms with E-state index < -0.39 is 6.29 Å². The van der Waals surface area contributed by atoms with Crippen LogP contribution in [0.25, 0.3) is 21.9 Å². The monoisotopic (exact) mass is 461 g/mol. The molecule has 5 rings (SSSR count). The van der Waals surface area contributed by atoms with Gasteiger partial charge < -0.3 is 30.5 Å². The van der Waals surface area contributed by atoms with E-state index in [2.05, 4.69) is 15.2 Å². The second-order valence-electron chi connectivity index (χ2n) is 9.05. The maximum absolute atomic E-state index is 9.92. The van der Waals surface area contributed by atoms with Crippen molar-refractivity contribution < 1.29 is 15.3 Å². The van der Waals surface area contributed by atoms with Crippen molar-refractivity contribution >= 4 is 27.8 Å². The van der Waals surface area contributed by atoms with Crippen molar-refractivity contribution in [3.63, 3.8) is 0 Å². The first-order chi connectivity index (χ1) is 16.6. The number of H-pyrrole nitrogens is 1. The molecule has 0 unspecified atom stereocenters. The summed E-state index contributed by atoms with van der Waals surface area (Å²) in [4.78, 5) is 15.5. The van der Waals surface area contributed by atoms with Crippen LogP contribution in [0.15, 0.2) is 42.5 Å². The average molecular weight is 462 g/mol. The van der Waals surface area contributed by atoms with Gasteiger partial charge in [-0.3, -0.25) is 0 Å². The summed E-state index contributed by atoms with van der Waals surface area (Å²) in [6.45, 7) is 4.26. The third-order valence-electron chi connectivity index (χ3n) is 6.48. The lowest BCUT2D eigenvalue weighted by molar-refractivity contribution is -0.0425. The minimum atomic E-state index is -1.51. The van der Waals surface area contributed by atoms with E-state index in [4.69, 9.17) is 9.97 Å². The number of hydrogen-bond donors (Lipinski definition) is 5. The van der Waals surface area contributed by atoms with Crippen LogP contribution in [0, 0.1) is 0 Å². The summed E-state index contributed by atoms with van der Waals surface area (Å²) in [7, 11) is 0. The number of aromatic hydroxyl groups is 1. The second kappa shape index (κ2) is 9.97. The number of aliphatic hydroxyl groups excluding tert-OH is 1. The zero-order valence-electron chi connectivity index (χ0n) is 19.2. The van der Waals surface area contributed by atoms with Gasteiger partial charge in [0.1, 0.15) is 23.0 Å². The van der Waals surface area contributed by atoms with Crippen LogP contribution < -0.4 is 5.32 Å². The number of fused-ring (bicyclic) bond motifs is 3. The fraction of sp³-hybridized carbons (Fsp3) is 0.385. The summed E-state index contributed by atoms with van der Waals surface area (Å²) >= 11 is 0. The van der Waals surface area contributed by atoms with Crippen molar-refractivity contribution in [1.82, 2.24) is 19.9 Å². The molecule has 0 amide bonds. The number of aliphatic hydroxyl groups is 2. The highest BCUT2D eigenvalue weighted by molar-refractivity contribution is 6.11. The van der Waals surface area contributed by atoms with Gasteiger partial charge in [0.25, 0.3) is 0 Å². The van der Waals surface area contributed by atoms with Gasteiger partial charge in [-0.25, -0.2) is 9.97 Å². The Bertz CT molecular complexity index is 1280. The molecular weight excluding hydrogens is 430 g/mol. The lowest BCUT2D eigenvalue weighted by atomic mass is 10.1. The topological polar surface area (TPSA) is 118 Å². The SMILES string of the molecule is Oc1ccc2c(c1)[nH]c1nc(Cc3cccc(C(O)O)c3)nc(NCCCN3CCCCC3)c12. The molecule has 5 N–H and O–H groups in total. The van der Waals surface area contributed by atoms with Crippen LogP contribution in [0.4, 0.5) is 5.82 Å². The predicted octanol–water partition coefficient (Wildman–Crippen LogP) is 3.68. The first-order valence-electron chi connectivity index (χ1n) is 12.0. The second-order valence-corrected chi connectivity index (χ2v) is 9.05. The Balaban J connectivity index is 1.42. The number of hydrogen-bond acceptors (Lipinski definition) is 7. The van der Waals surface area contributed by atoms with E-state index in [0.717, 1.165) is 47.2 Å². The number of nitrogens with zero attached hydrogens (tertiary/aromatic N) is 3. The summed E-state index contributed by atoms with van der Waals surface area (Å²) in [5.74, 6) is 1.60. The Morgan fingerprint density at radius 3 is 2.71 bits per heavy atom. The standard InChI is InChI=1S/C26H31N5O3/c32-19-8-9-20-21(16-19)28-25-23(20)24(27-10-5-13-31-11-2-1-3-12-31)29-22(30-25)15-17-6-4-7-18(14-17)26(33)34/h4,6-9,14,16,26,32-34H,1-3,5,10-13,15H2,(H2,27,28,29,30). The molecule has 0 radical (unpaired) electrons. The summed E-state index contributed by atoms with van der Waals surface area (Å²) in [6, 6.07) is 12.4. The van der Waals surface area contributed by atoms with Crippen molar-refractivity contribution in [1.29, 1.82) is 0 Å². The highest BCUT2D eigenvalue weighted by Crippen LogP contribution is 2.32. The summed E-state index contributed by atoms with van der Waals surface area (Å²) < 4.78 is 0. The Morgan fingerprint density at radius 2 is 1.88 bits per heavy atom. The maximum Gasteiger partial charge on any atom is 0.178 e. The first-order valence-corrected chi connectivity index (χ1v) is 12.0. The van der Waals surface area contributed by atoms with Crippen molar-refractivity contribution in [3.8, 4) is 5.75 Å². The molecule has 0 aliphatic carbocycles. The minimum absolute atomic E-state index is 0.197. The van der Waals surface area contributed by atoms with Crippen LogP contribution in [0.3, 0.4) is 0 Å². The first kappa shape index (κ1) is 22.6. The summed E-state index contributed by atoms with van der Waals surface area (Å²) in [6.07, 6.45) is 3.90. The Morgan fingerprint density at radius 1 is 1.03 bits per heavy atom. The highest BCUT2D eigenvalue weighted by Gasteiger charge is 2.16. The number of phenolic OH excluding ortho intramolecular Hbond substituents is 1. The smallest absolute Gasteiger partial charge is 0.178 e. The molecule has 1 aliphatic rings. The van der Waals surface area contributed by atoms with Gasteiger partial charge in [-0.2, -0.15) is 0 Å². The number of phenols is 1. The molecule has 3 heterocycles. The van der Waals surface area contributed by atoms with Gasteiger partial charge >= 0.3 is 0 Å². The molecule has 0 saturated carbocycles. The molecule has 0 atom stereocenters. The number of aromatic amines is 1. The molecule has 4 aromatic rings. The zero-order valence-corrected chi connectivity index (χ0v) is 19.2. The van der Waals surface area contributed by atoms with E-state index in [-0.39, 0.29) is 5.75 Å². The predicted molar refractivity (Wildman–Crippen MR) is 133 cm³/mol. The van der Waals surface area contributed by atoms with Crippen LogP contribution in [0.2, 0.25) is 0 Å². The number of anilines is 1. The van der Waals surface area contributed by atoms with Crippen molar-refractivity contribution in [2.24, 2.45) is 0 Å². The molecule has 8 heteroatoms. The van der Waals surface area contributed by atoms with E-state index >= 15 is 0 Å². The molecule has 0 bridgehead atoms. The largest absolute Gasteiger partial charge is 0.508 e. The third-order valence-corrected chi connectivity index (χ3v) is 6.48. The molecule has 34 heavy (non-hydrogen) atoms. The fourth-order valence-electron chi connectivity index (χ4n) is 4.78. The lowest BCUT2D eigenvalue weighted by Gasteiger charge is -2.26. The van der Waals surface area contributed by atoms with Crippen molar-refractivity contribution in [2.75, 3.05) is 31.5 Å². The minimum Gasteiger partial charge on any atom is -0.508 e. The van der Waals surface area contributed by atoms with Gasteiger partial charge in [0.2, 0.25) is 0 Å². The number of likely N-dealkylation sites (tertiary alicyclic amines) is 1. The highest BCUT2D eigenvalue weighted by atomic mass is 16.5. The van der Waals surface area contributed by atoms with E-state index in [1.54, 1.807) is 30.3 Å². The Kier molecular flexibility index (Phi) is 6.62. The van der Waals surface area contributed by atoms with Crippen LogP contribution >= 0.6 is 0 Å². The maximum atomic E-state index is 9.92. The Hall–Kier alpha value is -3.20. The van der Waals surface area contributed by atoms with Crippen LogP contribution in [0.1, 0.15) is 48.9 Å². The van der Waals surface area contributed by atoms with E-state index in [0.29, 0.717) is 23.5 Å². The normalized spacial score (nSPS) is 14.9. The molecule has 1 saturated heterocycles. The van der Waals surface area contributed by atoms with Gasteiger partial charge in [-0.05, 0) is 56.6 Å². The van der Waals surface area contributed by atoms with Gasteiger partial charge in [0.15, 0.2) is 6.29 Å². The molecule has 1 fully saturated rings. The van der Waals surface area contributed by atoms with E-state index in [1.807, 2.05) is 12.1 Å². The van der Waals surface area contributed by atoms with E-state index in [1.165, 1.54) is 32.4 Å². The molecule has 1 aliphatic heterocycles. The molecule has 8 nitrogen and oxygen atoms in total. The number of aromatic nitrogens is 3. The van der Waals surface area contributed by atoms with Crippen molar-refractivity contribution in [2.45, 2.75) is 38.4 Å². The summed E-state index contributed by atoms with van der Waals surface area (Å²) in [5.41, 5.74) is 2.86. The molecule has 2 aromatic heterocycles. The molecule has 0 spiro atoms. The van der Waals surface area contributed by atoms with Crippen LogP contribution in [-0.2, 0) is 6.42 Å². The molecule has 178 valence electrons. The van der Waals surface area contributed by atoms with Gasteiger partial charge in [-0.15, -0.1) is 0 Å². The third kappa shape index (κ3) is 4.99. The van der Waals surface area contributed by atoms with Crippen LogP contribution in [0.5, 0.6) is 5.75 Å². The van der Waals surface area contributed by atoms with Crippen LogP contribution in [-0.4, -0.2) is 61.4 Å².